The Hall–Kier alpha value is -4.66. The van der Waals surface area contributed by atoms with Crippen molar-refractivity contribution in [2.75, 3.05) is 26.3 Å². The van der Waals surface area contributed by atoms with Crippen LogP contribution in [0.2, 0.25) is 0 Å². The largest absolute Gasteiger partial charge is 0.490 e. The molecule has 0 radical (unpaired) electrons. The van der Waals surface area contributed by atoms with E-state index in [1.807, 2.05) is 49.4 Å². The Balaban J connectivity index is 1.26. The number of carbonyl (C=O) groups excluding carboxylic acids is 2. The Bertz CT molecular complexity index is 1430. The molecule has 0 bridgehead atoms. The van der Waals surface area contributed by atoms with Crippen molar-refractivity contribution in [2.24, 2.45) is 0 Å². The quantitative estimate of drug-likeness (QED) is 0.300. The molecule has 2 amide bonds. The van der Waals surface area contributed by atoms with Gasteiger partial charge in [0.1, 0.15) is 0 Å². The Morgan fingerprint density at radius 2 is 1.92 bits per heavy atom. The van der Waals surface area contributed by atoms with E-state index >= 15 is 0 Å². The second-order valence-electron chi connectivity index (χ2n) is 8.82. The van der Waals surface area contributed by atoms with Crippen LogP contribution in [0, 0.1) is 0 Å². The van der Waals surface area contributed by atoms with Crippen LogP contribution >= 0.6 is 0 Å². The molecule has 0 aliphatic carbocycles. The predicted octanol–water partition coefficient (Wildman–Crippen LogP) is 3.56. The molecule has 1 aliphatic heterocycles. The Morgan fingerprint density at radius 3 is 2.74 bits per heavy atom. The summed E-state index contributed by atoms with van der Waals surface area (Å²) in [5.74, 6) is 1.19. The smallest absolute Gasteiger partial charge is 0.257 e. The van der Waals surface area contributed by atoms with Crippen molar-refractivity contribution in [1.29, 1.82) is 0 Å². The number of aromatic amines is 1. The summed E-state index contributed by atoms with van der Waals surface area (Å²) >= 11 is 0. The molecule has 3 heterocycles. The molecule has 3 N–H and O–H groups in total. The summed E-state index contributed by atoms with van der Waals surface area (Å²) in [6, 6.07) is 19.0. The SMILES string of the molecule is CCOc1cc(-c2nccc(-c3cc4c([nH]3)CCNC4=O)n2)ccc1OCC(=O)NCCc1ccccc1. The zero-order valence-corrected chi connectivity index (χ0v) is 21.1. The fraction of sp³-hybridized carbons (Fsp3) is 0.241. The molecule has 5 rings (SSSR count). The van der Waals surface area contributed by atoms with Crippen LogP contribution in [0.5, 0.6) is 11.5 Å². The van der Waals surface area contributed by atoms with Crippen molar-refractivity contribution in [2.45, 2.75) is 19.8 Å². The summed E-state index contributed by atoms with van der Waals surface area (Å²) < 4.78 is 11.6. The molecular formula is C29H29N5O4. The first-order valence-corrected chi connectivity index (χ1v) is 12.6. The average molecular weight is 512 g/mol. The fourth-order valence-electron chi connectivity index (χ4n) is 4.30. The summed E-state index contributed by atoms with van der Waals surface area (Å²) in [7, 11) is 0. The van der Waals surface area contributed by atoms with Gasteiger partial charge in [0.2, 0.25) is 0 Å². The second kappa shape index (κ2) is 11.6. The average Bonchev–Trinajstić information content (AvgIpc) is 3.39. The molecule has 9 nitrogen and oxygen atoms in total. The van der Waals surface area contributed by atoms with E-state index in [-0.39, 0.29) is 18.4 Å². The second-order valence-corrected chi connectivity index (χ2v) is 8.82. The number of nitrogens with one attached hydrogen (secondary N) is 3. The number of hydrogen-bond acceptors (Lipinski definition) is 6. The van der Waals surface area contributed by atoms with Gasteiger partial charge in [0.25, 0.3) is 11.8 Å². The highest BCUT2D eigenvalue weighted by Gasteiger charge is 2.21. The molecule has 0 unspecified atom stereocenters. The zero-order chi connectivity index (χ0) is 26.3. The normalized spacial score (nSPS) is 12.4. The molecule has 0 fully saturated rings. The van der Waals surface area contributed by atoms with Crippen molar-refractivity contribution < 1.29 is 19.1 Å². The van der Waals surface area contributed by atoms with Gasteiger partial charge in [-0.3, -0.25) is 9.59 Å². The van der Waals surface area contributed by atoms with Crippen molar-refractivity contribution >= 4 is 11.8 Å². The molecular weight excluding hydrogens is 482 g/mol. The lowest BCUT2D eigenvalue weighted by Gasteiger charge is -2.13. The van der Waals surface area contributed by atoms with E-state index in [0.717, 1.165) is 35.4 Å². The lowest BCUT2D eigenvalue weighted by Crippen LogP contribution is -2.31. The van der Waals surface area contributed by atoms with E-state index < -0.39 is 0 Å². The van der Waals surface area contributed by atoms with Crippen LogP contribution in [0.15, 0.2) is 66.9 Å². The van der Waals surface area contributed by atoms with Crippen LogP contribution in [0.4, 0.5) is 0 Å². The highest BCUT2D eigenvalue weighted by Crippen LogP contribution is 2.32. The monoisotopic (exact) mass is 511 g/mol. The minimum atomic E-state index is -0.203. The van der Waals surface area contributed by atoms with Gasteiger partial charge in [-0.15, -0.1) is 0 Å². The lowest BCUT2D eigenvalue weighted by atomic mass is 10.1. The van der Waals surface area contributed by atoms with Gasteiger partial charge in [-0.1, -0.05) is 30.3 Å². The summed E-state index contributed by atoms with van der Waals surface area (Å²) in [4.78, 5) is 36.9. The van der Waals surface area contributed by atoms with Crippen LogP contribution in [0.1, 0.15) is 28.5 Å². The first kappa shape index (κ1) is 25.0. The number of rotatable bonds is 10. The third kappa shape index (κ3) is 5.83. The number of amides is 2. The van der Waals surface area contributed by atoms with Gasteiger partial charge in [-0.05, 0) is 49.2 Å². The van der Waals surface area contributed by atoms with E-state index in [0.29, 0.717) is 48.3 Å². The van der Waals surface area contributed by atoms with Crippen LogP contribution in [0.3, 0.4) is 0 Å². The van der Waals surface area contributed by atoms with Crippen LogP contribution in [0.25, 0.3) is 22.8 Å². The molecule has 2 aromatic heterocycles. The predicted molar refractivity (Wildman–Crippen MR) is 143 cm³/mol. The summed E-state index contributed by atoms with van der Waals surface area (Å²) in [6.45, 7) is 3.34. The van der Waals surface area contributed by atoms with Gasteiger partial charge in [-0.25, -0.2) is 9.97 Å². The van der Waals surface area contributed by atoms with E-state index in [1.165, 1.54) is 0 Å². The highest BCUT2D eigenvalue weighted by atomic mass is 16.5. The van der Waals surface area contributed by atoms with E-state index in [4.69, 9.17) is 14.5 Å². The molecule has 0 saturated carbocycles. The molecule has 194 valence electrons. The van der Waals surface area contributed by atoms with Crippen LogP contribution < -0.4 is 20.1 Å². The summed E-state index contributed by atoms with van der Waals surface area (Å²) in [6.07, 6.45) is 3.19. The van der Waals surface area contributed by atoms with Crippen molar-refractivity contribution in [3.05, 3.63) is 83.7 Å². The number of benzene rings is 2. The number of hydrogen-bond donors (Lipinski definition) is 3. The maximum Gasteiger partial charge on any atom is 0.257 e. The number of carbonyl (C=O) groups is 2. The van der Waals surface area contributed by atoms with Gasteiger partial charge < -0.3 is 25.1 Å². The minimum absolute atomic E-state index is 0.0788. The lowest BCUT2D eigenvalue weighted by molar-refractivity contribution is -0.123. The minimum Gasteiger partial charge on any atom is -0.490 e. The molecule has 0 spiro atoms. The summed E-state index contributed by atoms with van der Waals surface area (Å²) in [5.41, 5.74) is 4.91. The maximum atomic E-state index is 12.3. The molecule has 0 atom stereocenters. The van der Waals surface area contributed by atoms with Crippen LogP contribution in [-0.2, 0) is 17.6 Å². The zero-order valence-electron chi connectivity index (χ0n) is 21.1. The Kier molecular flexibility index (Phi) is 7.63. The van der Waals surface area contributed by atoms with Crippen molar-refractivity contribution in [3.8, 4) is 34.3 Å². The third-order valence-corrected chi connectivity index (χ3v) is 6.18. The van der Waals surface area contributed by atoms with Gasteiger partial charge in [0.05, 0.1) is 23.6 Å². The number of fused-ring (bicyclic) bond motifs is 1. The number of nitrogens with zero attached hydrogens (tertiary/aromatic N) is 2. The fourth-order valence-corrected chi connectivity index (χ4v) is 4.30. The van der Waals surface area contributed by atoms with E-state index in [2.05, 4.69) is 20.6 Å². The first-order valence-electron chi connectivity index (χ1n) is 12.6. The first-order chi connectivity index (χ1) is 18.6. The van der Waals surface area contributed by atoms with Gasteiger partial charge in [0.15, 0.2) is 23.9 Å². The van der Waals surface area contributed by atoms with Crippen molar-refractivity contribution in [3.63, 3.8) is 0 Å². The molecule has 2 aromatic carbocycles. The highest BCUT2D eigenvalue weighted by molar-refractivity contribution is 5.97. The van der Waals surface area contributed by atoms with Gasteiger partial charge in [-0.2, -0.15) is 0 Å². The summed E-state index contributed by atoms with van der Waals surface area (Å²) in [5, 5.41) is 5.73. The molecule has 0 saturated heterocycles. The van der Waals surface area contributed by atoms with Gasteiger partial charge >= 0.3 is 0 Å². The Morgan fingerprint density at radius 1 is 1.05 bits per heavy atom. The van der Waals surface area contributed by atoms with Gasteiger partial charge in [0, 0.05) is 37.0 Å². The molecule has 38 heavy (non-hydrogen) atoms. The topological polar surface area (TPSA) is 118 Å². The third-order valence-electron chi connectivity index (χ3n) is 6.18. The molecule has 9 heteroatoms. The van der Waals surface area contributed by atoms with Crippen LogP contribution in [-0.4, -0.2) is 53.1 Å². The number of H-pyrrole nitrogens is 1. The number of ether oxygens (including phenoxy) is 2. The maximum absolute atomic E-state index is 12.3. The van der Waals surface area contributed by atoms with Crippen molar-refractivity contribution in [1.82, 2.24) is 25.6 Å². The van der Waals surface area contributed by atoms with E-state index in [1.54, 1.807) is 24.4 Å². The Labute approximate surface area is 220 Å². The number of aromatic nitrogens is 3. The molecule has 1 aliphatic rings. The van der Waals surface area contributed by atoms with E-state index in [9.17, 15) is 9.59 Å². The standard InChI is InChI=1S/C29H29N5O4/c1-2-37-26-16-20(8-9-25(26)38-18-27(35)30-13-10-19-6-4-3-5-7-19)28-31-14-12-23(34-28)24-17-21-22(33-24)11-15-32-29(21)36/h3-9,12,14,16-17,33H,2,10-11,13,15,18H2,1H3,(H,30,35)(H,32,36). The molecule has 4 aromatic rings.